The average Bonchev–Trinajstić information content (AvgIpc) is 2.53. The highest BCUT2D eigenvalue weighted by atomic mass is 15.3. The number of nitrogens with zero attached hydrogens (tertiary/aromatic N) is 2. The van der Waals surface area contributed by atoms with Crippen LogP contribution in [0.3, 0.4) is 0 Å². The minimum absolute atomic E-state index is 0.563. The van der Waals surface area contributed by atoms with E-state index < -0.39 is 0 Å². The molecule has 0 atom stereocenters. The van der Waals surface area contributed by atoms with Crippen LogP contribution in [-0.4, -0.2) is 26.1 Å². The monoisotopic (exact) mass is 292 g/mol. The summed E-state index contributed by atoms with van der Waals surface area (Å²) >= 11 is 0. The number of hydrogen-bond donors (Lipinski definition) is 1. The molecular weight excluding hydrogens is 270 g/mol. The molecule has 0 saturated heterocycles. The topological polar surface area (TPSA) is 38.9 Å². The largest absolute Gasteiger partial charge is 0.326 e. The SMILES string of the molecule is C[N+](C)(C)c1ccnc2ccc(-c3cccc(CN)c3)cc12. The molecule has 0 spiro atoms. The van der Waals surface area contributed by atoms with Crippen molar-refractivity contribution in [2.45, 2.75) is 6.54 Å². The van der Waals surface area contributed by atoms with Crippen LogP contribution in [0.5, 0.6) is 0 Å². The second-order valence-corrected chi connectivity index (χ2v) is 6.48. The number of quaternary nitrogens is 1. The molecule has 1 aromatic heterocycles. The predicted octanol–water partition coefficient (Wildman–Crippen LogP) is 3.56. The van der Waals surface area contributed by atoms with Gasteiger partial charge < -0.3 is 5.73 Å². The van der Waals surface area contributed by atoms with E-state index in [1.165, 1.54) is 22.2 Å². The van der Waals surface area contributed by atoms with Gasteiger partial charge in [-0.1, -0.05) is 24.3 Å². The molecule has 0 unspecified atom stereocenters. The molecule has 0 amide bonds. The van der Waals surface area contributed by atoms with E-state index in [4.69, 9.17) is 5.73 Å². The van der Waals surface area contributed by atoms with E-state index in [-0.39, 0.29) is 0 Å². The van der Waals surface area contributed by atoms with Gasteiger partial charge in [0.2, 0.25) is 0 Å². The van der Waals surface area contributed by atoms with E-state index in [1.54, 1.807) is 0 Å². The minimum Gasteiger partial charge on any atom is -0.326 e. The van der Waals surface area contributed by atoms with Crippen molar-refractivity contribution in [1.82, 2.24) is 9.47 Å². The second kappa shape index (κ2) is 5.52. The zero-order chi connectivity index (χ0) is 15.7. The Kier molecular flexibility index (Phi) is 3.69. The van der Waals surface area contributed by atoms with Crippen molar-refractivity contribution in [2.75, 3.05) is 21.1 Å². The molecule has 22 heavy (non-hydrogen) atoms. The fourth-order valence-electron chi connectivity index (χ4n) is 2.77. The Morgan fingerprint density at radius 3 is 2.45 bits per heavy atom. The quantitative estimate of drug-likeness (QED) is 0.750. The number of aromatic nitrogens is 1. The van der Waals surface area contributed by atoms with E-state index >= 15 is 0 Å². The first kappa shape index (κ1) is 14.7. The first-order valence-electron chi connectivity index (χ1n) is 7.49. The molecule has 3 rings (SSSR count). The lowest BCUT2D eigenvalue weighted by molar-refractivity contribution is 0.490. The van der Waals surface area contributed by atoms with Gasteiger partial charge in [0.05, 0.1) is 32.0 Å². The van der Waals surface area contributed by atoms with Gasteiger partial charge in [-0.25, -0.2) is 0 Å². The summed E-state index contributed by atoms with van der Waals surface area (Å²) in [6.07, 6.45) is 1.88. The van der Waals surface area contributed by atoms with Crippen LogP contribution in [-0.2, 0) is 6.54 Å². The van der Waals surface area contributed by atoms with Crippen LogP contribution in [0.4, 0.5) is 5.69 Å². The molecule has 2 aromatic carbocycles. The predicted molar refractivity (Wildman–Crippen MR) is 94.6 cm³/mol. The Morgan fingerprint density at radius 1 is 0.955 bits per heavy atom. The van der Waals surface area contributed by atoms with Gasteiger partial charge in [0.15, 0.2) is 0 Å². The summed E-state index contributed by atoms with van der Waals surface area (Å²) in [5.41, 5.74) is 11.6. The number of pyridine rings is 1. The van der Waals surface area contributed by atoms with Crippen molar-refractivity contribution in [1.29, 1.82) is 0 Å². The van der Waals surface area contributed by atoms with Crippen molar-refractivity contribution < 1.29 is 0 Å². The zero-order valence-corrected chi connectivity index (χ0v) is 13.4. The minimum atomic E-state index is 0.563. The van der Waals surface area contributed by atoms with Crippen molar-refractivity contribution in [2.24, 2.45) is 5.73 Å². The van der Waals surface area contributed by atoms with Crippen molar-refractivity contribution in [3.05, 3.63) is 60.3 Å². The summed E-state index contributed by atoms with van der Waals surface area (Å²) in [6.45, 7) is 0.563. The van der Waals surface area contributed by atoms with E-state index in [0.717, 1.165) is 15.6 Å². The molecule has 0 aliphatic heterocycles. The van der Waals surface area contributed by atoms with Gasteiger partial charge in [0, 0.05) is 18.8 Å². The molecule has 3 aromatic rings. The van der Waals surface area contributed by atoms with Gasteiger partial charge in [-0.15, -0.1) is 0 Å². The molecule has 3 nitrogen and oxygen atoms in total. The fraction of sp³-hybridized carbons (Fsp3) is 0.211. The molecule has 0 fully saturated rings. The van der Waals surface area contributed by atoms with Crippen LogP contribution < -0.4 is 10.2 Å². The summed E-state index contributed by atoms with van der Waals surface area (Å²) in [4.78, 5) is 4.49. The second-order valence-electron chi connectivity index (χ2n) is 6.48. The maximum Gasteiger partial charge on any atom is 0.143 e. The standard InChI is InChI=1S/C19H22N3/c1-22(2,3)19-9-10-21-18-8-7-16(12-17(18)19)15-6-4-5-14(11-15)13-20/h4-12H,13,20H2,1-3H3/q+1. The molecule has 2 N–H and O–H groups in total. The van der Waals surface area contributed by atoms with Gasteiger partial charge in [-0.05, 0) is 34.9 Å². The smallest absolute Gasteiger partial charge is 0.143 e. The van der Waals surface area contributed by atoms with Gasteiger partial charge >= 0.3 is 0 Å². The summed E-state index contributed by atoms with van der Waals surface area (Å²) < 4.78 is 0.769. The lowest BCUT2D eigenvalue weighted by atomic mass is 10.0. The van der Waals surface area contributed by atoms with Crippen LogP contribution in [0.2, 0.25) is 0 Å². The third kappa shape index (κ3) is 2.73. The van der Waals surface area contributed by atoms with Gasteiger partial charge in [-0.3, -0.25) is 9.47 Å². The van der Waals surface area contributed by atoms with Crippen LogP contribution >= 0.6 is 0 Å². The summed E-state index contributed by atoms with van der Waals surface area (Å²) in [5.74, 6) is 0. The first-order chi connectivity index (χ1) is 10.5. The maximum absolute atomic E-state index is 5.76. The highest BCUT2D eigenvalue weighted by Crippen LogP contribution is 2.31. The molecule has 1 heterocycles. The van der Waals surface area contributed by atoms with Crippen molar-refractivity contribution >= 4 is 16.6 Å². The Morgan fingerprint density at radius 2 is 1.73 bits per heavy atom. The molecule has 0 radical (unpaired) electrons. The zero-order valence-electron chi connectivity index (χ0n) is 13.4. The van der Waals surface area contributed by atoms with E-state index in [2.05, 4.69) is 74.7 Å². The van der Waals surface area contributed by atoms with Gasteiger partial charge in [0.1, 0.15) is 5.69 Å². The van der Waals surface area contributed by atoms with Crippen molar-refractivity contribution in [3.8, 4) is 11.1 Å². The molecule has 3 heteroatoms. The number of fused-ring (bicyclic) bond motifs is 1. The van der Waals surface area contributed by atoms with Crippen LogP contribution in [0.15, 0.2) is 54.7 Å². The highest BCUT2D eigenvalue weighted by molar-refractivity contribution is 5.93. The highest BCUT2D eigenvalue weighted by Gasteiger charge is 2.17. The average molecular weight is 292 g/mol. The Balaban J connectivity index is 2.20. The van der Waals surface area contributed by atoms with Gasteiger partial charge in [0.25, 0.3) is 0 Å². The fourth-order valence-corrected chi connectivity index (χ4v) is 2.77. The lowest BCUT2D eigenvalue weighted by Crippen LogP contribution is -2.34. The first-order valence-corrected chi connectivity index (χ1v) is 7.49. The number of rotatable bonds is 3. The normalized spacial score (nSPS) is 11.8. The maximum atomic E-state index is 5.76. The molecule has 0 bridgehead atoms. The summed E-state index contributed by atoms with van der Waals surface area (Å²) in [7, 11) is 6.53. The lowest BCUT2D eigenvalue weighted by Gasteiger charge is -2.24. The summed E-state index contributed by atoms with van der Waals surface area (Å²) in [6, 6.07) is 17.0. The third-order valence-electron chi connectivity index (χ3n) is 3.94. The number of nitrogens with two attached hydrogens (primary N) is 1. The van der Waals surface area contributed by atoms with E-state index in [0.29, 0.717) is 6.54 Å². The van der Waals surface area contributed by atoms with Gasteiger partial charge in [-0.2, -0.15) is 0 Å². The number of hydrogen-bond acceptors (Lipinski definition) is 2. The van der Waals surface area contributed by atoms with E-state index in [1.807, 2.05) is 6.20 Å². The van der Waals surface area contributed by atoms with Crippen molar-refractivity contribution in [3.63, 3.8) is 0 Å². The van der Waals surface area contributed by atoms with Crippen LogP contribution in [0.25, 0.3) is 22.0 Å². The molecule has 0 aliphatic carbocycles. The van der Waals surface area contributed by atoms with E-state index in [9.17, 15) is 0 Å². The Bertz CT molecular complexity index is 816. The summed E-state index contributed by atoms with van der Waals surface area (Å²) in [5, 5.41) is 1.20. The van der Waals surface area contributed by atoms with Crippen LogP contribution in [0.1, 0.15) is 5.56 Å². The molecule has 0 saturated carbocycles. The third-order valence-corrected chi connectivity index (χ3v) is 3.94. The molecule has 0 aliphatic rings. The molecular formula is C19H22N3+. The molecule has 112 valence electrons. The number of benzene rings is 2. The Labute approximate surface area is 131 Å². The Hall–Kier alpha value is -2.23. The van der Waals surface area contributed by atoms with Crippen LogP contribution in [0, 0.1) is 0 Å².